The van der Waals surface area contributed by atoms with Crippen LogP contribution in [-0.4, -0.2) is 52.7 Å². The van der Waals surface area contributed by atoms with Gasteiger partial charge in [0.2, 0.25) is 5.91 Å². The molecule has 0 radical (unpaired) electrons. The van der Waals surface area contributed by atoms with E-state index in [2.05, 4.69) is 4.98 Å². The molecule has 1 aromatic heterocycles. The fourth-order valence-corrected chi connectivity index (χ4v) is 2.61. The van der Waals surface area contributed by atoms with E-state index in [-0.39, 0.29) is 25.5 Å². The molecule has 1 aliphatic rings. The second-order valence-electron chi connectivity index (χ2n) is 5.21. The zero-order valence-electron chi connectivity index (χ0n) is 11.9. The van der Waals surface area contributed by atoms with Crippen molar-refractivity contribution in [3.05, 3.63) is 42.1 Å². The Balaban J connectivity index is 1.77. The van der Waals surface area contributed by atoms with Gasteiger partial charge in [-0.2, -0.15) is 0 Å². The van der Waals surface area contributed by atoms with Gasteiger partial charge in [-0.3, -0.25) is 9.78 Å². The molecule has 2 aromatic rings. The van der Waals surface area contributed by atoms with Crippen LogP contribution in [0.25, 0.3) is 10.9 Å². The van der Waals surface area contributed by atoms with Crippen LogP contribution in [0.15, 0.2) is 36.5 Å². The highest BCUT2D eigenvalue weighted by Crippen LogP contribution is 2.17. The summed E-state index contributed by atoms with van der Waals surface area (Å²) in [4.78, 5) is 29.3. The molecule has 1 fully saturated rings. The Kier molecular flexibility index (Phi) is 4.02. The van der Waals surface area contributed by atoms with Gasteiger partial charge in [0.25, 0.3) is 0 Å². The summed E-state index contributed by atoms with van der Waals surface area (Å²) >= 11 is 0. The van der Waals surface area contributed by atoms with Gasteiger partial charge in [-0.1, -0.05) is 24.3 Å². The van der Waals surface area contributed by atoms with Crippen LogP contribution in [0.2, 0.25) is 0 Å². The van der Waals surface area contributed by atoms with E-state index < -0.39 is 12.1 Å². The molecule has 1 aliphatic heterocycles. The Labute approximate surface area is 127 Å². The highest BCUT2D eigenvalue weighted by molar-refractivity contribution is 5.88. The van der Waals surface area contributed by atoms with Gasteiger partial charge in [-0.15, -0.1) is 0 Å². The van der Waals surface area contributed by atoms with E-state index in [0.29, 0.717) is 6.54 Å². The first-order valence-electron chi connectivity index (χ1n) is 7.10. The Bertz CT molecular complexity index is 711. The van der Waals surface area contributed by atoms with Crippen molar-refractivity contribution in [1.82, 2.24) is 9.88 Å². The molecular formula is C16H16N2O4. The minimum Gasteiger partial charge on any atom is -0.479 e. The summed E-state index contributed by atoms with van der Waals surface area (Å²) in [5.74, 6) is -1.14. The summed E-state index contributed by atoms with van der Waals surface area (Å²) in [6.45, 7) is 0.754. The van der Waals surface area contributed by atoms with Crippen LogP contribution in [0, 0.1) is 0 Å². The Morgan fingerprint density at radius 1 is 1.32 bits per heavy atom. The molecule has 0 aliphatic carbocycles. The van der Waals surface area contributed by atoms with Crippen molar-refractivity contribution >= 4 is 22.8 Å². The van der Waals surface area contributed by atoms with Crippen LogP contribution >= 0.6 is 0 Å². The number of carboxylic acids is 1. The number of pyridine rings is 1. The van der Waals surface area contributed by atoms with E-state index in [1.54, 1.807) is 11.1 Å². The number of hydrogen-bond donors (Lipinski definition) is 1. The highest BCUT2D eigenvalue weighted by atomic mass is 16.5. The molecule has 3 rings (SSSR count). The molecule has 1 amide bonds. The van der Waals surface area contributed by atoms with Crippen molar-refractivity contribution < 1.29 is 19.4 Å². The molecule has 1 aromatic carbocycles. The second kappa shape index (κ2) is 6.11. The standard InChI is InChI=1S/C16H16N2O4/c19-14(18-7-8-22-13(10-18)16(20)21)9-12-4-1-3-11-5-2-6-17-15(11)12/h1-6,13H,7-10H2,(H,20,21). The lowest BCUT2D eigenvalue weighted by Gasteiger charge is -2.31. The SMILES string of the molecule is O=C(O)C1CN(C(=O)Cc2cccc3cccnc23)CCO1. The topological polar surface area (TPSA) is 79.7 Å². The Morgan fingerprint density at radius 2 is 2.14 bits per heavy atom. The van der Waals surface area contributed by atoms with Gasteiger partial charge >= 0.3 is 5.97 Å². The molecule has 1 N–H and O–H groups in total. The van der Waals surface area contributed by atoms with E-state index in [9.17, 15) is 9.59 Å². The fraction of sp³-hybridized carbons (Fsp3) is 0.312. The van der Waals surface area contributed by atoms with Crippen molar-refractivity contribution in [1.29, 1.82) is 0 Å². The summed E-state index contributed by atoms with van der Waals surface area (Å²) in [7, 11) is 0. The molecule has 1 saturated heterocycles. The van der Waals surface area contributed by atoms with E-state index in [1.165, 1.54) is 0 Å². The van der Waals surface area contributed by atoms with Crippen LogP contribution < -0.4 is 0 Å². The molecule has 22 heavy (non-hydrogen) atoms. The van der Waals surface area contributed by atoms with E-state index in [4.69, 9.17) is 9.84 Å². The number of carboxylic acid groups (broad SMARTS) is 1. The number of carbonyl (C=O) groups is 2. The lowest BCUT2D eigenvalue weighted by atomic mass is 10.1. The molecule has 0 bridgehead atoms. The maximum atomic E-state index is 12.4. The first-order valence-corrected chi connectivity index (χ1v) is 7.10. The van der Waals surface area contributed by atoms with Crippen molar-refractivity contribution in [3.8, 4) is 0 Å². The van der Waals surface area contributed by atoms with Crippen molar-refractivity contribution in [3.63, 3.8) is 0 Å². The van der Waals surface area contributed by atoms with Crippen molar-refractivity contribution in [2.24, 2.45) is 0 Å². The molecular weight excluding hydrogens is 284 g/mol. The summed E-state index contributed by atoms with van der Waals surface area (Å²) in [5.41, 5.74) is 1.66. The first kappa shape index (κ1) is 14.5. The molecule has 1 atom stereocenters. The number of hydrogen-bond acceptors (Lipinski definition) is 4. The number of fused-ring (bicyclic) bond motifs is 1. The monoisotopic (exact) mass is 300 g/mol. The minimum atomic E-state index is -1.04. The average molecular weight is 300 g/mol. The predicted octanol–water partition coefficient (Wildman–Crippen LogP) is 1.09. The quantitative estimate of drug-likeness (QED) is 0.918. The highest BCUT2D eigenvalue weighted by Gasteiger charge is 2.29. The summed E-state index contributed by atoms with van der Waals surface area (Å²) in [6.07, 6.45) is 0.968. The number of para-hydroxylation sites is 1. The third-order valence-corrected chi connectivity index (χ3v) is 3.75. The van der Waals surface area contributed by atoms with Gasteiger partial charge in [0, 0.05) is 18.1 Å². The van der Waals surface area contributed by atoms with Crippen LogP contribution in [0.3, 0.4) is 0 Å². The van der Waals surface area contributed by atoms with Gasteiger partial charge in [0.15, 0.2) is 6.10 Å². The van der Waals surface area contributed by atoms with Crippen LogP contribution in [0.1, 0.15) is 5.56 Å². The fourth-order valence-electron chi connectivity index (χ4n) is 2.61. The Hall–Kier alpha value is -2.47. The maximum absolute atomic E-state index is 12.4. The second-order valence-corrected chi connectivity index (χ2v) is 5.21. The van der Waals surface area contributed by atoms with Gasteiger partial charge in [-0.05, 0) is 11.6 Å². The zero-order chi connectivity index (χ0) is 15.5. The molecule has 6 nitrogen and oxygen atoms in total. The molecule has 6 heteroatoms. The van der Waals surface area contributed by atoms with Crippen LogP contribution in [0.5, 0.6) is 0 Å². The van der Waals surface area contributed by atoms with Crippen molar-refractivity contribution in [2.75, 3.05) is 19.7 Å². The number of ether oxygens (including phenoxy) is 1. The average Bonchev–Trinajstić information content (AvgIpc) is 2.55. The number of nitrogens with zero attached hydrogens (tertiary/aromatic N) is 2. The lowest BCUT2D eigenvalue weighted by molar-refractivity contribution is -0.159. The largest absolute Gasteiger partial charge is 0.479 e. The number of carbonyl (C=O) groups excluding carboxylic acids is 1. The first-order chi connectivity index (χ1) is 10.6. The molecule has 114 valence electrons. The molecule has 0 saturated carbocycles. The summed E-state index contributed by atoms with van der Waals surface area (Å²) in [5, 5.41) is 9.98. The molecule has 1 unspecified atom stereocenters. The van der Waals surface area contributed by atoms with Crippen LogP contribution in [-0.2, 0) is 20.7 Å². The van der Waals surface area contributed by atoms with Crippen molar-refractivity contribution in [2.45, 2.75) is 12.5 Å². The number of rotatable bonds is 3. The smallest absolute Gasteiger partial charge is 0.334 e. The zero-order valence-corrected chi connectivity index (χ0v) is 11.9. The minimum absolute atomic E-state index is 0.0896. The number of morpholine rings is 1. The van der Waals surface area contributed by atoms with E-state index in [1.807, 2.05) is 30.3 Å². The van der Waals surface area contributed by atoms with Gasteiger partial charge in [0.05, 0.1) is 25.1 Å². The third kappa shape index (κ3) is 2.92. The van der Waals surface area contributed by atoms with Crippen LogP contribution in [0.4, 0.5) is 0 Å². The number of aromatic nitrogens is 1. The van der Waals surface area contributed by atoms with Gasteiger partial charge < -0.3 is 14.7 Å². The normalized spacial score (nSPS) is 18.4. The number of amides is 1. The molecule has 2 heterocycles. The summed E-state index contributed by atoms with van der Waals surface area (Å²) in [6, 6.07) is 9.53. The van der Waals surface area contributed by atoms with E-state index >= 15 is 0 Å². The van der Waals surface area contributed by atoms with Gasteiger partial charge in [-0.25, -0.2) is 4.79 Å². The Morgan fingerprint density at radius 3 is 2.95 bits per heavy atom. The third-order valence-electron chi connectivity index (χ3n) is 3.75. The summed E-state index contributed by atoms with van der Waals surface area (Å²) < 4.78 is 5.13. The number of benzene rings is 1. The molecule has 0 spiro atoms. The van der Waals surface area contributed by atoms with Gasteiger partial charge in [0.1, 0.15) is 0 Å². The number of aliphatic carboxylic acids is 1. The maximum Gasteiger partial charge on any atom is 0.334 e. The predicted molar refractivity (Wildman–Crippen MR) is 79.4 cm³/mol. The van der Waals surface area contributed by atoms with E-state index in [0.717, 1.165) is 16.5 Å². The lowest BCUT2D eigenvalue weighted by Crippen LogP contribution is -2.49.